The molecule has 0 aliphatic carbocycles. The van der Waals surface area contributed by atoms with Gasteiger partial charge in [-0.05, 0) is 41.8 Å². The lowest BCUT2D eigenvalue weighted by Gasteiger charge is -2.15. The number of hydrogen-bond acceptors (Lipinski definition) is 5. The summed E-state index contributed by atoms with van der Waals surface area (Å²) >= 11 is 0. The molecule has 0 radical (unpaired) electrons. The summed E-state index contributed by atoms with van der Waals surface area (Å²) in [6, 6.07) is 17.3. The third-order valence-electron chi connectivity index (χ3n) is 5.48. The Morgan fingerprint density at radius 3 is 2.45 bits per heavy atom. The number of terminal acetylenes is 1. The molecule has 0 amide bonds. The quantitative estimate of drug-likeness (QED) is 0.392. The van der Waals surface area contributed by atoms with E-state index in [2.05, 4.69) is 41.9 Å². The first-order valence-corrected chi connectivity index (χ1v) is 10.7. The van der Waals surface area contributed by atoms with Crippen LogP contribution < -0.4 is 15.2 Å². The van der Waals surface area contributed by atoms with Crippen molar-refractivity contribution in [1.82, 2.24) is 14.5 Å². The Morgan fingerprint density at radius 1 is 1.06 bits per heavy atom. The Morgan fingerprint density at radius 2 is 1.82 bits per heavy atom. The normalized spacial score (nSPS) is 10.9. The van der Waals surface area contributed by atoms with Crippen LogP contribution in [0.5, 0.6) is 11.5 Å². The first kappa shape index (κ1) is 22.1. The molecule has 0 spiro atoms. The van der Waals surface area contributed by atoms with Gasteiger partial charge >= 0.3 is 5.69 Å². The van der Waals surface area contributed by atoms with E-state index in [1.165, 1.54) is 5.56 Å². The number of aromatic nitrogens is 3. The Bertz CT molecular complexity index is 1370. The van der Waals surface area contributed by atoms with Gasteiger partial charge in [0.05, 0.1) is 36.8 Å². The standard InChI is InChI=1S/C27H25N3O3/c1-5-14-33-22-12-13-25-24(15-22)26(20-8-6-19(7-9-20)18(2)3)29-27(31)30(25)17-21-10-11-23(32-4)16-28-21/h1,6-13,15-16,18H,14,17H2,2-4H3. The third kappa shape index (κ3) is 4.73. The van der Waals surface area contributed by atoms with E-state index in [-0.39, 0.29) is 18.8 Å². The molecule has 0 bridgehead atoms. The summed E-state index contributed by atoms with van der Waals surface area (Å²) in [5.41, 5.74) is 3.81. The summed E-state index contributed by atoms with van der Waals surface area (Å²) in [5.74, 6) is 4.17. The second-order valence-corrected chi connectivity index (χ2v) is 7.97. The van der Waals surface area contributed by atoms with E-state index in [4.69, 9.17) is 15.9 Å². The molecule has 0 atom stereocenters. The van der Waals surface area contributed by atoms with E-state index in [0.29, 0.717) is 23.1 Å². The molecule has 0 unspecified atom stereocenters. The minimum Gasteiger partial charge on any atom is -0.495 e. The molecule has 2 heterocycles. The number of benzene rings is 2. The summed E-state index contributed by atoms with van der Waals surface area (Å²) in [4.78, 5) is 22.0. The average molecular weight is 440 g/mol. The molecule has 6 heteroatoms. The van der Waals surface area contributed by atoms with Gasteiger partial charge < -0.3 is 9.47 Å². The summed E-state index contributed by atoms with van der Waals surface area (Å²) in [6.07, 6.45) is 6.98. The van der Waals surface area contributed by atoms with Crippen LogP contribution in [0, 0.1) is 12.3 Å². The highest BCUT2D eigenvalue weighted by Gasteiger charge is 2.15. The number of hydrogen-bond donors (Lipinski definition) is 0. The fourth-order valence-corrected chi connectivity index (χ4v) is 3.66. The summed E-state index contributed by atoms with van der Waals surface area (Å²) in [7, 11) is 1.59. The lowest BCUT2D eigenvalue weighted by molar-refractivity contribution is 0.371. The van der Waals surface area contributed by atoms with Crippen molar-refractivity contribution in [2.75, 3.05) is 13.7 Å². The first-order valence-electron chi connectivity index (χ1n) is 10.7. The van der Waals surface area contributed by atoms with Crippen LogP contribution >= 0.6 is 0 Å². The van der Waals surface area contributed by atoms with Crippen LogP contribution in [0.4, 0.5) is 0 Å². The predicted molar refractivity (Wildman–Crippen MR) is 130 cm³/mol. The van der Waals surface area contributed by atoms with Gasteiger partial charge in [0.2, 0.25) is 0 Å². The Hall–Kier alpha value is -4.11. The number of fused-ring (bicyclic) bond motifs is 1. The maximum atomic E-state index is 13.1. The SMILES string of the molecule is C#CCOc1ccc2c(c1)c(-c1ccc(C(C)C)cc1)nc(=O)n2Cc1ccc(OC)cn1. The highest BCUT2D eigenvalue weighted by atomic mass is 16.5. The summed E-state index contributed by atoms with van der Waals surface area (Å²) < 4.78 is 12.4. The number of ether oxygens (including phenoxy) is 2. The van der Waals surface area contributed by atoms with Crippen LogP contribution in [0.1, 0.15) is 31.0 Å². The van der Waals surface area contributed by atoms with Crippen LogP contribution in [0.3, 0.4) is 0 Å². The van der Waals surface area contributed by atoms with Gasteiger partial charge in [0.25, 0.3) is 0 Å². The average Bonchev–Trinajstić information content (AvgIpc) is 2.84. The number of rotatable bonds is 7. The van der Waals surface area contributed by atoms with E-state index in [1.807, 2.05) is 42.5 Å². The zero-order valence-electron chi connectivity index (χ0n) is 18.9. The fraction of sp³-hybridized carbons (Fsp3) is 0.222. The molecule has 4 rings (SSSR count). The highest BCUT2D eigenvalue weighted by molar-refractivity contribution is 5.93. The van der Waals surface area contributed by atoms with Gasteiger partial charge in [-0.2, -0.15) is 4.98 Å². The second-order valence-electron chi connectivity index (χ2n) is 7.97. The summed E-state index contributed by atoms with van der Waals surface area (Å²) in [5, 5.41) is 0.801. The van der Waals surface area contributed by atoms with Crippen molar-refractivity contribution >= 4 is 10.9 Å². The highest BCUT2D eigenvalue weighted by Crippen LogP contribution is 2.30. The van der Waals surface area contributed by atoms with Gasteiger partial charge in [-0.15, -0.1) is 6.42 Å². The lowest BCUT2D eigenvalue weighted by Crippen LogP contribution is -2.25. The first-order chi connectivity index (χ1) is 16.0. The van der Waals surface area contributed by atoms with Crippen molar-refractivity contribution in [1.29, 1.82) is 0 Å². The third-order valence-corrected chi connectivity index (χ3v) is 5.48. The molecule has 4 aromatic rings. The van der Waals surface area contributed by atoms with E-state index in [0.717, 1.165) is 22.2 Å². The van der Waals surface area contributed by atoms with Gasteiger partial charge in [0.15, 0.2) is 0 Å². The largest absolute Gasteiger partial charge is 0.495 e. The predicted octanol–water partition coefficient (Wildman–Crippen LogP) is 4.65. The molecule has 33 heavy (non-hydrogen) atoms. The maximum Gasteiger partial charge on any atom is 0.348 e. The van der Waals surface area contributed by atoms with Crippen molar-refractivity contribution in [3.63, 3.8) is 0 Å². The molecule has 166 valence electrons. The number of nitrogens with zero attached hydrogens (tertiary/aromatic N) is 3. The fourth-order valence-electron chi connectivity index (χ4n) is 3.66. The van der Waals surface area contributed by atoms with Gasteiger partial charge in [-0.25, -0.2) is 4.79 Å². The Balaban J connectivity index is 1.86. The van der Waals surface area contributed by atoms with Crippen molar-refractivity contribution in [2.45, 2.75) is 26.3 Å². The van der Waals surface area contributed by atoms with Crippen molar-refractivity contribution in [3.05, 3.63) is 82.5 Å². The van der Waals surface area contributed by atoms with Crippen LogP contribution in [-0.4, -0.2) is 28.3 Å². The summed E-state index contributed by atoms with van der Waals surface area (Å²) in [6.45, 7) is 4.73. The number of pyridine rings is 1. The maximum absolute atomic E-state index is 13.1. The van der Waals surface area contributed by atoms with Crippen molar-refractivity contribution in [2.24, 2.45) is 0 Å². The smallest absolute Gasteiger partial charge is 0.348 e. The lowest BCUT2D eigenvalue weighted by atomic mass is 9.99. The Kier molecular flexibility index (Phi) is 6.41. The molecule has 2 aromatic carbocycles. The van der Waals surface area contributed by atoms with Crippen LogP contribution in [0.2, 0.25) is 0 Å². The topological polar surface area (TPSA) is 66.2 Å². The molecule has 0 aliphatic rings. The minimum absolute atomic E-state index is 0.159. The van der Waals surface area contributed by atoms with E-state index >= 15 is 0 Å². The molecule has 0 fully saturated rings. The minimum atomic E-state index is -0.347. The second kappa shape index (κ2) is 9.58. The van der Waals surface area contributed by atoms with E-state index in [1.54, 1.807) is 17.9 Å². The van der Waals surface area contributed by atoms with Gasteiger partial charge in [0, 0.05) is 10.9 Å². The van der Waals surface area contributed by atoms with Crippen molar-refractivity contribution < 1.29 is 9.47 Å². The molecular weight excluding hydrogens is 414 g/mol. The van der Waals surface area contributed by atoms with Gasteiger partial charge in [-0.1, -0.05) is 44.0 Å². The van der Waals surface area contributed by atoms with Crippen molar-refractivity contribution in [3.8, 4) is 35.1 Å². The van der Waals surface area contributed by atoms with Crippen LogP contribution in [-0.2, 0) is 6.54 Å². The molecule has 0 N–H and O–H groups in total. The zero-order valence-corrected chi connectivity index (χ0v) is 18.9. The molecule has 2 aromatic heterocycles. The van der Waals surface area contributed by atoms with Crippen LogP contribution in [0.25, 0.3) is 22.2 Å². The monoisotopic (exact) mass is 439 g/mol. The number of methoxy groups -OCH3 is 1. The molecule has 0 saturated carbocycles. The van der Waals surface area contributed by atoms with Gasteiger partial charge in [-0.3, -0.25) is 9.55 Å². The Labute approximate surface area is 192 Å². The van der Waals surface area contributed by atoms with Crippen LogP contribution in [0.15, 0.2) is 65.6 Å². The van der Waals surface area contributed by atoms with E-state index < -0.39 is 0 Å². The molecule has 0 saturated heterocycles. The zero-order chi connectivity index (χ0) is 23.4. The van der Waals surface area contributed by atoms with E-state index in [9.17, 15) is 4.79 Å². The molecule has 0 aliphatic heterocycles. The molecule has 6 nitrogen and oxygen atoms in total. The van der Waals surface area contributed by atoms with Gasteiger partial charge in [0.1, 0.15) is 18.1 Å². The molecular formula is C27H25N3O3.